The minimum atomic E-state index is -0.683. The van der Waals surface area contributed by atoms with Crippen LogP contribution in [0.3, 0.4) is 0 Å². The number of hydrogen-bond acceptors (Lipinski definition) is 3. The monoisotopic (exact) mass is 245 g/mol. The van der Waals surface area contributed by atoms with Crippen molar-refractivity contribution in [2.24, 2.45) is 5.41 Å². The van der Waals surface area contributed by atoms with Gasteiger partial charge in [-0.15, -0.1) is 11.3 Å². The summed E-state index contributed by atoms with van der Waals surface area (Å²) in [4.78, 5) is 13.0. The number of aliphatic carboxylic acids is 1. The highest BCUT2D eigenvalue weighted by Gasteiger charge is 2.51. The molecule has 0 spiro atoms. The Morgan fingerprint density at radius 2 is 2.33 bits per heavy atom. The fourth-order valence-corrected chi connectivity index (χ4v) is 2.62. The molecule has 1 aliphatic carbocycles. The molecule has 1 fully saturated rings. The van der Waals surface area contributed by atoms with Crippen LogP contribution in [0.5, 0.6) is 0 Å². The number of anilines is 1. The highest BCUT2D eigenvalue weighted by Crippen LogP contribution is 2.47. The molecule has 1 aromatic rings. The zero-order chi connectivity index (χ0) is 11.1. The SMILES string of the molecule is CN(CC1(C(=O)O)CC1)c1ccc(Cl)s1. The molecule has 1 aliphatic rings. The van der Waals surface area contributed by atoms with E-state index in [9.17, 15) is 4.79 Å². The lowest BCUT2D eigenvalue weighted by atomic mass is 10.1. The fourth-order valence-electron chi connectivity index (χ4n) is 1.63. The predicted octanol–water partition coefficient (Wildman–Crippen LogP) is 2.70. The molecule has 5 heteroatoms. The van der Waals surface area contributed by atoms with Crippen LogP contribution in [0.1, 0.15) is 12.8 Å². The zero-order valence-corrected chi connectivity index (χ0v) is 9.94. The largest absolute Gasteiger partial charge is 0.481 e. The predicted molar refractivity (Wildman–Crippen MR) is 61.9 cm³/mol. The summed E-state index contributed by atoms with van der Waals surface area (Å²) in [6.07, 6.45) is 1.57. The van der Waals surface area contributed by atoms with E-state index in [-0.39, 0.29) is 0 Å². The maximum Gasteiger partial charge on any atom is 0.311 e. The van der Waals surface area contributed by atoms with E-state index < -0.39 is 11.4 Å². The van der Waals surface area contributed by atoms with Crippen molar-refractivity contribution in [3.05, 3.63) is 16.5 Å². The first kappa shape index (κ1) is 10.8. The maximum atomic E-state index is 11.0. The van der Waals surface area contributed by atoms with Crippen LogP contribution in [0.2, 0.25) is 4.34 Å². The Morgan fingerprint density at radius 3 is 2.73 bits per heavy atom. The van der Waals surface area contributed by atoms with E-state index >= 15 is 0 Å². The number of carboxylic acids is 1. The molecule has 0 aromatic carbocycles. The van der Waals surface area contributed by atoms with Crippen LogP contribution in [-0.2, 0) is 4.79 Å². The first-order valence-electron chi connectivity index (χ1n) is 4.73. The van der Waals surface area contributed by atoms with Gasteiger partial charge in [0.2, 0.25) is 0 Å². The van der Waals surface area contributed by atoms with Gasteiger partial charge >= 0.3 is 5.97 Å². The molecule has 0 unspecified atom stereocenters. The summed E-state index contributed by atoms with van der Waals surface area (Å²) >= 11 is 7.30. The van der Waals surface area contributed by atoms with E-state index in [0.717, 1.165) is 22.2 Å². The van der Waals surface area contributed by atoms with Crippen molar-refractivity contribution in [2.45, 2.75) is 12.8 Å². The van der Waals surface area contributed by atoms with Gasteiger partial charge in [0.1, 0.15) is 0 Å². The van der Waals surface area contributed by atoms with E-state index in [1.54, 1.807) is 0 Å². The van der Waals surface area contributed by atoms with Gasteiger partial charge < -0.3 is 10.0 Å². The van der Waals surface area contributed by atoms with Gasteiger partial charge in [0, 0.05) is 13.6 Å². The van der Waals surface area contributed by atoms with Crippen molar-refractivity contribution in [3.63, 3.8) is 0 Å². The van der Waals surface area contributed by atoms with Crippen LogP contribution in [0.15, 0.2) is 12.1 Å². The van der Waals surface area contributed by atoms with Gasteiger partial charge in [-0.25, -0.2) is 0 Å². The van der Waals surface area contributed by atoms with Crippen LogP contribution >= 0.6 is 22.9 Å². The summed E-state index contributed by atoms with van der Waals surface area (Å²) in [6.45, 7) is 0.569. The quantitative estimate of drug-likeness (QED) is 0.887. The number of rotatable bonds is 4. The first-order valence-corrected chi connectivity index (χ1v) is 5.93. The van der Waals surface area contributed by atoms with E-state index in [4.69, 9.17) is 16.7 Å². The van der Waals surface area contributed by atoms with Gasteiger partial charge in [-0.05, 0) is 25.0 Å². The summed E-state index contributed by atoms with van der Waals surface area (Å²) in [5.74, 6) is -0.683. The molecule has 0 bridgehead atoms. The topological polar surface area (TPSA) is 40.5 Å². The highest BCUT2D eigenvalue weighted by molar-refractivity contribution is 7.19. The van der Waals surface area contributed by atoms with Gasteiger partial charge in [-0.3, -0.25) is 4.79 Å². The van der Waals surface area contributed by atoms with E-state index in [1.165, 1.54) is 11.3 Å². The number of thiophene rings is 1. The molecule has 0 amide bonds. The molecule has 1 saturated carbocycles. The van der Waals surface area contributed by atoms with Crippen LogP contribution in [0, 0.1) is 5.41 Å². The van der Waals surface area contributed by atoms with Gasteiger partial charge in [-0.2, -0.15) is 0 Å². The molecule has 0 saturated heterocycles. The molecular formula is C10H12ClNO2S. The molecule has 1 aromatic heterocycles. The summed E-state index contributed by atoms with van der Waals surface area (Å²) in [5, 5.41) is 10.1. The van der Waals surface area contributed by atoms with Gasteiger partial charge in [-0.1, -0.05) is 11.6 Å². The van der Waals surface area contributed by atoms with Crippen molar-refractivity contribution in [3.8, 4) is 0 Å². The Morgan fingerprint density at radius 1 is 1.67 bits per heavy atom. The second-order valence-electron chi connectivity index (χ2n) is 4.02. The third-order valence-electron chi connectivity index (χ3n) is 2.78. The molecule has 1 heterocycles. The summed E-state index contributed by atoms with van der Waals surface area (Å²) < 4.78 is 0.733. The van der Waals surface area contributed by atoms with Crippen molar-refractivity contribution in [2.75, 3.05) is 18.5 Å². The van der Waals surface area contributed by atoms with Crippen LogP contribution in [-0.4, -0.2) is 24.7 Å². The molecule has 0 atom stereocenters. The second kappa shape index (κ2) is 3.68. The average Bonchev–Trinajstić information content (AvgIpc) is 2.82. The lowest BCUT2D eigenvalue weighted by Gasteiger charge is -2.21. The van der Waals surface area contributed by atoms with Crippen LogP contribution in [0.4, 0.5) is 5.00 Å². The molecule has 0 radical (unpaired) electrons. The normalized spacial score (nSPS) is 17.5. The van der Waals surface area contributed by atoms with Gasteiger partial charge in [0.05, 0.1) is 14.8 Å². The van der Waals surface area contributed by atoms with Gasteiger partial charge in [0.15, 0.2) is 0 Å². The second-order valence-corrected chi connectivity index (χ2v) is 5.71. The molecule has 3 nitrogen and oxygen atoms in total. The lowest BCUT2D eigenvalue weighted by molar-refractivity contribution is -0.142. The van der Waals surface area contributed by atoms with Crippen molar-refractivity contribution >= 4 is 33.9 Å². The standard InChI is InChI=1S/C10H12ClNO2S/c1-12(8-3-2-7(11)15-8)6-10(4-5-10)9(13)14/h2-3H,4-6H2,1H3,(H,13,14). The van der Waals surface area contributed by atoms with Crippen LogP contribution < -0.4 is 4.90 Å². The number of halogens is 1. The first-order chi connectivity index (χ1) is 7.03. The third-order valence-corrected chi connectivity index (χ3v) is 4.13. The van der Waals surface area contributed by atoms with Crippen molar-refractivity contribution in [1.29, 1.82) is 0 Å². The number of nitrogens with zero attached hydrogens (tertiary/aromatic N) is 1. The summed E-state index contributed by atoms with van der Waals surface area (Å²) in [6, 6.07) is 3.75. The summed E-state index contributed by atoms with van der Waals surface area (Å²) in [7, 11) is 1.91. The average molecular weight is 246 g/mol. The third kappa shape index (κ3) is 2.11. The molecule has 1 N–H and O–H groups in total. The minimum Gasteiger partial charge on any atom is -0.481 e. The smallest absolute Gasteiger partial charge is 0.311 e. The van der Waals surface area contributed by atoms with E-state index in [1.807, 2.05) is 24.1 Å². The number of carboxylic acid groups (broad SMARTS) is 1. The highest BCUT2D eigenvalue weighted by atomic mass is 35.5. The number of hydrogen-bond donors (Lipinski definition) is 1. The maximum absolute atomic E-state index is 11.0. The molecule has 0 aliphatic heterocycles. The Balaban J connectivity index is 2.04. The summed E-state index contributed by atoms with van der Waals surface area (Å²) in [5.41, 5.74) is -0.509. The van der Waals surface area contributed by atoms with E-state index in [2.05, 4.69) is 0 Å². The van der Waals surface area contributed by atoms with Crippen molar-refractivity contribution < 1.29 is 9.90 Å². The van der Waals surface area contributed by atoms with Crippen LogP contribution in [0.25, 0.3) is 0 Å². The zero-order valence-electron chi connectivity index (χ0n) is 8.36. The Hall–Kier alpha value is -0.740. The molecule has 15 heavy (non-hydrogen) atoms. The molecule has 82 valence electrons. The Labute approximate surface area is 97.3 Å². The lowest BCUT2D eigenvalue weighted by Crippen LogP contribution is -2.31. The van der Waals surface area contributed by atoms with E-state index in [0.29, 0.717) is 6.54 Å². The fraction of sp³-hybridized carbons (Fsp3) is 0.500. The minimum absolute atomic E-state index is 0.509. The van der Waals surface area contributed by atoms with Crippen molar-refractivity contribution in [1.82, 2.24) is 0 Å². The molecule has 2 rings (SSSR count). The number of carbonyl (C=O) groups is 1. The Kier molecular flexibility index (Phi) is 2.64. The Bertz CT molecular complexity index is 387. The van der Waals surface area contributed by atoms with Gasteiger partial charge in [0.25, 0.3) is 0 Å². The molecular weight excluding hydrogens is 234 g/mol.